The van der Waals surface area contributed by atoms with Gasteiger partial charge in [-0.1, -0.05) is 13.8 Å². The second-order valence-electron chi connectivity index (χ2n) is 2.70. The van der Waals surface area contributed by atoms with Crippen molar-refractivity contribution in [1.29, 1.82) is 0 Å². The Kier molecular flexibility index (Phi) is 6.53. The van der Waals surface area contributed by atoms with Crippen molar-refractivity contribution in [3.63, 3.8) is 0 Å². The van der Waals surface area contributed by atoms with Gasteiger partial charge < -0.3 is 14.2 Å². The summed E-state index contributed by atoms with van der Waals surface area (Å²) in [5.74, 6) is -0.500. The third-order valence-corrected chi connectivity index (χ3v) is 1.61. The monoisotopic (exact) mass is 204 g/mol. The van der Waals surface area contributed by atoms with Gasteiger partial charge in [-0.15, -0.1) is 0 Å². The summed E-state index contributed by atoms with van der Waals surface area (Å²) < 4.78 is 13.8. The smallest absolute Gasteiger partial charge is 0.431 e. The molecule has 0 aromatic heterocycles. The average Bonchev–Trinajstić information content (AvgIpc) is 2.13. The van der Waals surface area contributed by atoms with Crippen LogP contribution < -0.4 is 0 Å². The lowest BCUT2D eigenvalue weighted by atomic mass is 10.2. The highest BCUT2D eigenvalue weighted by Gasteiger charge is 2.11. The molecule has 0 aliphatic rings. The number of ether oxygens (including phenoxy) is 3. The highest BCUT2D eigenvalue weighted by molar-refractivity contribution is 5.66. The molecule has 0 rings (SSSR count). The summed E-state index contributed by atoms with van der Waals surface area (Å²) in [6, 6.07) is 0. The number of hydrogen-bond acceptors (Lipinski definition) is 5. The SMILES string of the molecule is CCC(CC)OC(=O)OCOC(C)=O. The summed E-state index contributed by atoms with van der Waals surface area (Å²) in [7, 11) is 0. The Morgan fingerprint density at radius 1 is 1.14 bits per heavy atom. The minimum Gasteiger partial charge on any atom is -0.431 e. The zero-order valence-electron chi connectivity index (χ0n) is 8.74. The Morgan fingerprint density at radius 2 is 1.71 bits per heavy atom. The molecule has 0 aromatic rings. The molecule has 0 spiro atoms. The van der Waals surface area contributed by atoms with Crippen molar-refractivity contribution >= 4 is 12.1 Å². The first kappa shape index (κ1) is 12.7. The van der Waals surface area contributed by atoms with E-state index in [1.807, 2.05) is 13.8 Å². The van der Waals surface area contributed by atoms with Gasteiger partial charge in [-0.2, -0.15) is 0 Å². The molecule has 0 aromatic carbocycles. The van der Waals surface area contributed by atoms with Crippen LogP contribution >= 0.6 is 0 Å². The van der Waals surface area contributed by atoms with Crippen molar-refractivity contribution in [2.75, 3.05) is 6.79 Å². The van der Waals surface area contributed by atoms with Crippen LogP contribution in [-0.2, 0) is 19.0 Å². The molecular formula is C9H16O5. The Bertz CT molecular complexity index is 186. The third-order valence-electron chi connectivity index (χ3n) is 1.61. The Balaban J connectivity index is 3.59. The first-order chi connectivity index (χ1) is 6.60. The predicted octanol–water partition coefficient (Wildman–Crippen LogP) is 1.85. The maximum Gasteiger partial charge on any atom is 0.511 e. The van der Waals surface area contributed by atoms with Gasteiger partial charge in [-0.3, -0.25) is 4.79 Å². The Labute approximate surface area is 83.3 Å². The molecule has 0 N–H and O–H groups in total. The summed E-state index contributed by atoms with van der Waals surface area (Å²) in [4.78, 5) is 21.2. The molecule has 0 bridgehead atoms. The van der Waals surface area contributed by atoms with Crippen LogP contribution in [-0.4, -0.2) is 25.0 Å². The van der Waals surface area contributed by atoms with Gasteiger partial charge in [0.15, 0.2) is 0 Å². The third kappa shape index (κ3) is 6.28. The van der Waals surface area contributed by atoms with Gasteiger partial charge in [0.25, 0.3) is 0 Å². The van der Waals surface area contributed by atoms with Gasteiger partial charge >= 0.3 is 12.1 Å². The summed E-state index contributed by atoms with van der Waals surface area (Å²) in [6.45, 7) is 4.66. The van der Waals surface area contributed by atoms with E-state index in [-0.39, 0.29) is 6.10 Å². The fraction of sp³-hybridized carbons (Fsp3) is 0.778. The fourth-order valence-electron chi connectivity index (χ4n) is 0.786. The normalized spacial score (nSPS) is 9.71. The van der Waals surface area contributed by atoms with E-state index in [9.17, 15) is 9.59 Å². The molecule has 0 heterocycles. The van der Waals surface area contributed by atoms with Crippen LogP contribution in [0.3, 0.4) is 0 Å². The Morgan fingerprint density at radius 3 is 2.14 bits per heavy atom. The summed E-state index contributed by atoms with van der Waals surface area (Å²) >= 11 is 0. The zero-order valence-corrected chi connectivity index (χ0v) is 8.74. The highest BCUT2D eigenvalue weighted by Crippen LogP contribution is 2.03. The predicted molar refractivity (Wildman–Crippen MR) is 48.6 cm³/mol. The number of hydrogen-bond donors (Lipinski definition) is 0. The molecule has 0 saturated carbocycles. The maximum absolute atomic E-state index is 10.9. The van der Waals surface area contributed by atoms with Crippen molar-refractivity contribution in [1.82, 2.24) is 0 Å². The minimum atomic E-state index is -0.806. The number of carbonyl (C=O) groups is 2. The molecule has 14 heavy (non-hydrogen) atoms. The lowest BCUT2D eigenvalue weighted by Crippen LogP contribution is -2.19. The van der Waals surface area contributed by atoms with Crippen LogP contribution in [0.25, 0.3) is 0 Å². The lowest BCUT2D eigenvalue weighted by Gasteiger charge is -2.13. The van der Waals surface area contributed by atoms with E-state index in [1.165, 1.54) is 6.92 Å². The Hall–Kier alpha value is -1.26. The maximum atomic E-state index is 10.9. The van der Waals surface area contributed by atoms with Crippen molar-refractivity contribution < 1.29 is 23.8 Å². The van der Waals surface area contributed by atoms with E-state index < -0.39 is 18.9 Å². The second-order valence-corrected chi connectivity index (χ2v) is 2.70. The first-order valence-electron chi connectivity index (χ1n) is 4.56. The summed E-state index contributed by atoms with van der Waals surface area (Å²) in [6.07, 6.45) is 0.526. The lowest BCUT2D eigenvalue weighted by molar-refractivity contribution is -0.151. The molecule has 0 radical (unpaired) electrons. The fourth-order valence-corrected chi connectivity index (χ4v) is 0.786. The molecule has 0 aliphatic carbocycles. The van der Waals surface area contributed by atoms with Crippen LogP contribution in [0.1, 0.15) is 33.6 Å². The second kappa shape index (κ2) is 7.17. The van der Waals surface area contributed by atoms with E-state index in [1.54, 1.807) is 0 Å². The number of esters is 1. The molecule has 82 valence electrons. The molecule has 0 fully saturated rings. The molecule has 0 amide bonds. The van der Waals surface area contributed by atoms with Crippen molar-refractivity contribution in [3.05, 3.63) is 0 Å². The van der Waals surface area contributed by atoms with Gasteiger partial charge in [0, 0.05) is 6.92 Å². The van der Waals surface area contributed by atoms with Crippen LogP contribution in [0, 0.1) is 0 Å². The molecule has 0 aliphatic heterocycles. The van der Waals surface area contributed by atoms with Crippen LogP contribution in [0.4, 0.5) is 4.79 Å². The van der Waals surface area contributed by atoms with Crippen LogP contribution in [0.15, 0.2) is 0 Å². The van der Waals surface area contributed by atoms with E-state index in [0.29, 0.717) is 0 Å². The summed E-state index contributed by atoms with van der Waals surface area (Å²) in [5, 5.41) is 0. The quantitative estimate of drug-likeness (QED) is 0.505. The van der Waals surface area contributed by atoms with Gasteiger partial charge in [0.1, 0.15) is 6.10 Å². The largest absolute Gasteiger partial charge is 0.511 e. The van der Waals surface area contributed by atoms with E-state index in [2.05, 4.69) is 9.47 Å². The van der Waals surface area contributed by atoms with Crippen molar-refractivity contribution in [2.24, 2.45) is 0 Å². The first-order valence-corrected chi connectivity index (χ1v) is 4.56. The zero-order chi connectivity index (χ0) is 11.0. The molecule has 0 atom stereocenters. The van der Waals surface area contributed by atoms with Gasteiger partial charge in [-0.25, -0.2) is 4.79 Å². The van der Waals surface area contributed by atoms with E-state index >= 15 is 0 Å². The molecular weight excluding hydrogens is 188 g/mol. The standard InChI is InChI=1S/C9H16O5/c1-4-8(5-2)14-9(11)13-6-12-7(3)10/h8H,4-6H2,1-3H3. The van der Waals surface area contributed by atoms with Crippen LogP contribution in [0.2, 0.25) is 0 Å². The van der Waals surface area contributed by atoms with Crippen molar-refractivity contribution in [3.8, 4) is 0 Å². The topological polar surface area (TPSA) is 61.8 Å². The molecule has 0 unspecified atom stereocenters. The van der Waals surface area contributed by atoms with Gasteiger partial charge in [0.05, 0.1) is 0 Å². The highest BCUT2D eigenvalue weighted by atomic mass is 16.8. The van der Waals surface area contributed by atoms with E-state index in [0.717, 1.165) is 12.8 Å². The van der Waals surface area contributed by atoms with Gasteiger partial charge in [-0.05, 0) is 12.8 Å². The van der Waals surface area contributed by atoms with Gasteiger partial charge in [0.2, 0.25) is 6.79 Å². The average molecular weight is 204 g/mol. The molecule has 5 heteroatoms. The minimum absolute atomic E-state index is 0.139. The van der Waals surface area contributed by atoms with Crippen LogP contribution in [0.5, 0.6) is 0 Å². The summed E-state index contributed by atoms with van der Waals surface area (Å²) in [5.41, 5.74) is 0. The molecule has 5 nitrogen and oxygen atoms in total. The van der Waals surface area contributed by atoms with Crippen molar-refractivity contribution in [2.45, 2.75) is 39.7 Å². The number of carbonyl (C=O) groups excluding carboxylic acids is 2. The van der Waals surface area contributed by atoms with E-state index in [4.69, 9.17) is 4.74 Å². The molecule has 0 saturated heterocycles. The number of rotatable bonds is 5.